The van der Waals surface area contributed by atoms with Crippen LogP contribution in [0.1, 0.15) is 17.3 Å². The average Bonchev–Trinajstić information content (AvgIpc) is 2.54. The Hall–Kier alpha value is -3.03. The molecule has 0 saturated heterocycles. The number of amides is 1. The van der Waals surface area contributed by atoms with E-state index < -0.39 is 24.6 Å². The van der Waals surface area contributed by atoms with Gasteiger partial charge in [-0.3, -0.25) is 9.59 Å². The summed E-state index contributed by atoms with van der Waals surface area (Å²) in [4.78, 5) is 23.0. The Labute approximate surface area is 141 Å². The first kappa shape index (κ1) is 18.3. The number of nitrogens with one attached hydrogen (secondary N) is 1. The highest BCUT2D eigenvalue weighted by atomic mass is 19.4. The van der Waals surface area contributed by atoms with Crippen LogP contribution in [0.25, 0.3) is 0 Å². The van der Waals surface area contributed by atoms with Crippen molar-refractivity contribution in [3.8, 4) is 11.5 Å². The van der Waals surface area contributed by atoms with E-state index in [0.717, 1.165) is 6.07 Å². The molecule has 1 N–H and O–H groups in total. The molecule has 0 unspecified atom stereocenters. The fraction of sp³-hybridized carbons (Fsp3) is 0.176. The fourth-order valence-corrected chi connectivity index (χ4v) is 1.90. The van der Waals surface area contributed by atoms with Gasteiger partial charge in [0.15, 0.2) is 18.1 Å². The molecule has 2 aromatic carbocycles. The number of hydrogen-bond donors (Lipinski definition) is 1. The van der Waals surface area contributed by atoms with Crippen LogP contribution in [0.15, 0.2) is 48.5 Å². The second-order valence-corrected chi connectivity index (χ2v) is 4.96. The third kappa shape index (κ3) is 5.83. The molecule has 0 aliphatic heterocycles. The number of Topliss-reactive ketones (excluding diaryl/α,β-unsaturated/α-hetero) is 1. The highest BCUT2D eigenvalue weighted by molar-refractivity contribution is 5.94. The van der Waals surface area contributed by atoms with Crippen LogP contribution in [-0.2, 0) is 4.79 Å². The maximum atomic E-state index is 12.3. The van der Waals surface area contributed by atoms with Gasteiger partial charge in [-0.15, -0.1) is 13.2 Å². The zero-order chi connectivity index (χ0) is 18.4. The highest BCUT2D eigenvalue weighted by Gasteiger charge is 2.32. The predicted molar refractivity (Wildman–Crippen MR) is 83.7 cm³/mol. The summed E-state index contributed by atoms with van der Waals surface area (Å²) in [6.45, 7) is 1.00. The Morgan fingerprint density at radius 2 is 1.68 bits per heavy atom. The number of para-hydroxylation sites is 2. The maximum absolute atomic E-state index is 12.3. The summed E-state index contributed by atoms with van der Waals surface area (Å²) in [5.74, 6) is -0.937. The van der Waals surface area contributed by atoms with Crippen molar-refractivity contribution in [2.45, 2.75) is 13.3 Å². The lowest BCUT2D eigenvalue weighted by Gasteiger charge is -2.14. The molecule has 0 bridgehead atoms. The number of hydrogen-bond acceptors (Lipinski definition) is 4. The molecule has 2 rings (SSSR count). The van der Waals surface area contributed by atoms with Crippen LogP contribution in [0.5, 0.6) is 11.5 Å². The number of rotatable bonds is 6. The Morgan fingerprint density at radius 1 is 1.04 bits per heavy atom. The summed E-state index contributed by atoms with van der Waals surface area (Å²) in [5.41, 5.74) is 0.371. The van der Waals surface area contributed by atoms with E-state index in [4.69, 9.17) is 4.74 Å². The van der Waals surface area contributed by atoms with Gasteiger partial charge < -0.3 is 14.8 Å². The minimum absolute atomic E-state index is 0.106. The first-order valence-electron chi connectivity index (χ1n) is 7.13. The number of benzene rings is 2. The van der Waals surface area contributed by atoms with Crippen molar-refractivity contribution in [2.75, 3.05) is 11.9 Å². The van der Waals surface area contributed by atoms with E-state index >= 15 is 0 Å². The standard InChI is InChI=1S/C17H14F3NO4/c1-11(22)12-6-8-13(9-7-12)24-10-16(23)21-14-4-2-3-5-15(14)25-17(18,19)20/h2-9H,10H2,1H3,(H,21,23). The monoisotopic (exact) mass is 353 g/mol. The van der Waals surface area contributed by atoms with Gasteiger partial charge in [0.2, 0.25) is 0 Å². The zero-order valence-corrected chi connectivity index (χ0v) is 13.1. The van der Waals surface area contributed by atoms with Crippen molar-refractivity contribution in [1.82, 2.24) is 0 Å². The summed E-state index contributed by atoms with van der Waals surface area (Å²) >= 11 is 0. The van der Waals surface area contributed by atoms with Gasteiger partial charge in [-0.2, -0.15) is 0 Å². The Balaban J connectivity index is 1.95. The molecule has 0 saturated carbocycles. The summed E-state index contributed by atoms with van der Waals surface area (Å²) in [5, 5.41) is 2.29. The normalized spacial score (nSPS) is 10.9. The van der Waals surface area contributed by atoms with Crippen LogP contribution in [0, 0.1) is 0 Å². The van der Waals surface area contributed by atoms with E-state index in [1.165, 1.54) is 37.3 Å². The smallest absolute Gasteiger partial charge is 0.484 e. The summed E-state index contributed by atoms with van der Waals surface area (Å²) in [6.07, 6.45) is -4.87. The average molecular weight is 353 g/mol. The van der Waals surface area contributed by atoms with Crippen molar-refractivity contribution in [1.29, 1.82) is 0 Å². The van der Waals surface area contributed by atoms with E-state index in [9.17, 15) is 22.8 Å². The molecule has 0 aromatic heterocycles. The van der Waals surface area contributed by atoms with E-state index in [1.807, 2.05) is 0 Å². The molecule has 0 atom stereocenters. The molecule has 0 radical (unpaired) electrons. The van der Waals surface area contributed by atoms with Crippen LogP contribution < -0.4 is 14.8 Å². The van der Waals surface area contributed by atoms with Crippen LogP contribution in [0.3, 0.4) is 0 Å². The van der Waals surface area contributed by atoms with Crippen LogP contribution in [0.2, 0.25) is 0 Å². The van der Waals surface area contributed by atoms with Crippen LogP contribution >= 0.6 is 0 Å². The Bertz CT molecular complexity index is 757. The second kappa shape index (κ2) is 7.69. The van der Waals surface area contributed by atoms with Crippen molar-refractivity contribution in [2.24, 2.45) is 0 Å². The Kier molecular flexibility index (Phi) is 5.63. The van der Waals surface area contributed by atoms with Crippen molar-refractivity contribution in [3.63, 3.8) is 0 Å². The third-order valence-electron chi connectivity index (χ3n) is 3.02. The van der Waals surface area contributed by atoms with Gasteiger partial charge in [0.1, 0.15) is 5.75 Å². The summed E-state index contributed by atoms with van der Waals surface area (Å²) < 4.78 is 46.1. The molecule has 5 nitrogen and oxygen atoms in total. The molecule has 1 amide bonds. The molecule has 132 valence electrons. The second-order valence-electron chi connectivity index (χ2n) is 4.96. The Morgan fingerprint density at radius 3 is 2.28 bits per heavy atom. The van der Waals surface area contributed by atoms with Crippen LogP contribution in [-0.4, -0.2) is 24.7 Å². The largest absolute Gasteiger partial charge is 0.573 e. The number of ketones is 1. The minimum atomic E-state index is -4.87. The lowest BCUT2D eigenvalue weighted by atomic mass is 10.1. The van der Waals surface area contributed by atoms with Crippen molar-refractivity contribution < 1.29 is 32.2 Å². The van der Waals surface area contributed by atoms with Crippen molar-refractivity contribution >= 4 is 17.4 Å². The van der Waals surface area contributed by atoms with Gasteiger partial charge in [-0.05, 0) is 43.3 Å². The first-order chi connectivity index (χ1) is 11.7. The number of anilines is 1. The number of alkyl halides is 3. The summed E-state index contributed by atoms with van der Waals surface area (Å²) in [6, 6.07) is 11.3. The molecule has 0 heterocycles. The van der Waals surface area contributed by atoms with Gasteiger partial charge in [-0.25, -0.2) is 0 Å². The molecular weight excluding hydrogens is 339 g/mol. The highest BCUT2D eigenvalue weighted by Crippen LogP contribution is 2.29. The molecule has 0 aliphatic rings. The number of ether oxygens (including phenoxy) is 2. The van der Waals surface area contributed by atoms with Gasteiger partial charge >= 0.3 is 6.36 Å². The minimum Gasteiger partial charge on any atom is -0.484 e. The fourth-order valence-electron chi connectivity index (χ4n) is 1.90. The molecule has 0 fully saturated rings. The maximum Gasteiger partial charge on any atom is 0.573 e. The van der Waals surface area contributed by atoms with Gasteiger partial charge in [0.05, 0.1) is 5.69 Å². The summed E-state index contributed by atoms with van der Waals surface area (Å²) in [7, 11) is 0. The van der Waals surface area contributed by atoms with Gasteiger partial charge in [0.25, 0.3) is 5.91 Å². The van der Waals surface area contributed by atoms with E-state index in [-0.39, 0.29) is 11.5 Å². The van der Waals surface area contributed by atoms with E-state index in [0.29, 0.717) is 11.3 Å². The lowest BCUT2D eigenvalue weighted by Crippen LogP contribution is -2.22. The molecule has 25 heavy (non-hydrogen) atoms. The first-order valence-corrected chi connectivity index (χ1v) is 7.13. The van der Waals surface area contributed by atoms with Crippen molar-refractivity contribution in [3.05, 3.63) is 54.1 Å². The van der Waals surface area contributed by atoms with Crippen LogP contribution in [0.4, 0.5) is 18.9 Å². The number of halogens is 3. The molecule has 0 aliphatic carbocycles. The van der Waals surface area contributed by atoms with Gasteiger partial charge in [0, 0.05) is 5.56 Å². The third-order valence-corrected chi connectivity index (χ3v) is 3.02. The van der Waals surface area contributed by atoms with E-state index in [2.05, 4.69) is 10.1 Å². The molecule has 8 heteroatoms. The predicted octanol–water partition coefficient (Wildman–Crippen LogP) is 3.81. The quantitative estimate of drug-likeness (QED) is 0.802. The van der Waals surface area contributed by atoms with Gasteiger partial charge in [-0.1, -0.05) is 12.1 Å². The topological polar surface area (TPSA) is 64.6 Å². The SMILES string of the molecule is CC(=O)c1ccc(OCC(=O)Nc2ccccc2OC(F)(F)F)cc1. The number of carbonyl (C=O) groups is 2. The molecule has 2 aromatic rings. The lowest BCUT2D eigenvalue weighted by molar-refractivity contribution is -0.274. The van der Waals surface area contributed by atoms with E-state index in [1.54, 1.807) is 12.1 Å². The molecular formula is C17H14F3NO4. The zero-order valence-electron chi connectivity index (χ0n) is 13.1. The molecule has 0 spiro atoms. The number of carbonyl (C=O) groups excluding carboxylic acids is 2.